The molecule has 1 atom stereocenters. The highest BCUT2D eigenvalue weighted by atomic mass is 16.4. The van der Waals surface area contributed by atoms with Crippen molar-refractivity contribution in [3.8, 4) is 0 Å². The van der Waals surface area contributed by atoms with Gasteiger partial charge in [-0.2, -0.15) is 0 Å². The molecule has 0 aliphatic carbocycles. The van der Waals surface area contributed by atoms with Gasteiger partial charge in [-0.25, -0.2) is 4.79 Å². The maximum atomic E-state index is 11.4. The molecular formula is C8H12N6O2. The number of nitrogens with two attached hydrogens (primary N) is 1. The van der Waals surface area contributed by atoms with E-state index < -0.39 is 0 Å². The van der Waals surface area contributed by atoms with E-state index in [0.717, 1.165) is 0 Å². The minimum absolute atomic E-state index is 0.00897. The SMILES string of the molecule is Nc1nnc(N2CCN3C(=O)NCC3C2)o1. The fraction of sp³-hybridized carbons (Fsp3) is 0.625. The van der Waals surface area contributed by atoms with Gasteiger partial charge >= 0.3 is 18.1 Å². The minimum Gasteiger partial charge on any atom is -0.390 e. The zero-order valence-corrected chi connectivity index (χ0v) is 8.59. The van der Waals surface area contributed by atoms with Gasteiger partial charge < -0.3 is 25.3 Å². The molecule has 1 aromatic heterocycles. The quantitative estimate of drug-likeness (QED) is 0.625. The van der Waals surface area contributed by atoms with Gasteiger partial charge in [-0.3, -0.25) is 0 Å². The molecule has 3 heterocycles. The Morgan fingerprint density at radius 1 is 1.44 bits per heavy atom. The monoisotopic (exact) mass is 224 g/mol. The molecule has 1 aromatic rings. The Kier molecular flexibility index (Phi) is 1.88. The van der Waals surface area contributed by atoms with E-state index in [4.69, 9.17) is 10.2 Å². The zero-order chi connectivity index (χ0) is 11.1. The third-order valence-corrected chi connectivity index (χ3v) is 2.93. The largest absolute Gasteiger partial charge is 0.390 e. The summed E-state index contributed by atoms with van der Waals surface area (Å²) in [4.78, 5) is 15.2. The third kappa shape index (κ3) is 1.34. The molecule has 0 saturated carbocycles. The Morgan fingerprint density at radius 3 is 3.06 bits per heavy atom. The van der Waals surface area contributed by atoms with Gasteiger partial charge in [-0.1, -0.05) is 10.2 Å². The molecule has 3 rings (SSSR count). The topological polar surface area (TPSA) is 101 Å². The van der Waals surface area contributed by atoms with Crippen molar-refractivity contribution in [2.75, 3.05) is 36.8 Å². The van der Waals surface area contributed by atoms with E-state index in [1.807, 2.05) is 9.80 Å². The number of fused-ring (bicyclic) bond motifs is 1. The summed E-state index contributed by atoms with van der Waals surface area (Å²) in [7, 11) is 0. The number of piperazine rings is 1. The minimum atomic E-state index is 0.00897. The van der Waals surface area contributed by atoms with Crippen molar-refractivity contribution < 1.29 is 9.21 Å². The van der Waals surface area contributed by atoms with Gasteiger partial charge in [0.25, 0.3) is 0 Å². The van der Waals surface area contributed by atoms with Crippen molar-refractivity contribution in [1.82, 2.24) is 20.4 Å². The van der Waals surface area contributed by atoms with Crippen LogP contribution in [0.2, 0.25) is 0 Å². The Bertz CT molecular complexity index is 418. The van der Waals surface area contributed by atoms with Crippen molar-refractivity contribution in [1.29, 1.82) is 0 Å². The highest BCUT2D eigenvalue weighted by Crippen LogP contribution is 2.20. The van der Waals surface area contributed by atoms with Crippen LogP contribution in [-0.4, -0.2) is 53.3 Å². The molecule has 8 nitrogen and oxygen atoms in total. The average Bonchev–Trinajstić information content (AvgIpc) is 2.86. The summed E-state index contributed by atoms with van der Waals surface area (Å²) in [6.07, 6.45) is 0. The molecule has 0 spiro atoms. The van der Waals surface area contributed by atoms with Crippen LogP contribution in [0.15, 0.2) is 4.42 Å². The number of carbonyl (C=O) groups is 1. The molecule has 0 bridgehead atoms. The molecule has 2 aliphatic heterocycles. The van der Waals surface area contributed by atoms with E-state index in [9.17, 15) is 4.79 Å². The van der Waals surface area contributed by atoms with Crippen LogP contribution in [0.3, 0.4) is 0 Å². The van der Waals surface area contributed by atoms with Crippen LogP contribution >= 0.6 is 0 Å². The number of amides is 2. The first kappa shape index (κ1) is 9.25. The number of hydrogen-bond acceptors (Lipinski definition) is 6. The molecule has 3 N–H and O–H groups in total. The van der Waals surface area contributed by atoms with Crippen molar-refractivity contribution in [2.45, 2.75) is 6.04 Å². The van der Waals surface area contributed by atoms with Gasteiger partial charge in [-0.15, -0.1) is 0 Å². The maximum absolute atomic E-state index is 11.4. The first-order valence-electron chi connectivity index (χ1n) is 5.12. The Morgan fingerprint density at radius 2 is 2.31 bits per heavy atom. The Labute approximate surface area is 91.4 Å². The molecule has 0 aromatic carbocycles. The van der Waals surface area contributed by atoms with Gasteiger partial charge in [0.2, 0.25) is 0 Å². The summed E-state index contributed by atoms with van der Waals surface area (Å²) in [5.74, 6) is 0. The summed E-state index contributed by atoms with van der Waals surface area (Å²) >= 11 is 0. The zero-order valence-electron chi connectivity index (χ0n) is 8.59. The lowest BCUT2D eigenvalue weighted by molar-refractivity contribution is 0.196. The number of aromatic nitrogens is 2. The number of hydrogen-bond donors (Lipinski definition) is 2. The molecule has 8 heteroatoms. The van der Waals surface area contributed by atoms with Crippen LogP contribution in [0, 0.1) is 0 Å². The number of urea groups is 1. The molecular weight excluding hydrogens is 212 g/mol. The van der Waals surface area contributed by atoms with E-state index >= 15 is 0 Å². The molecule has 86 valence electrons. The molecule has 2 saturated heterocycles. The number of nitrogens with zero attached hydrogens (tertiary/aromatic N) is 4. The second kappa shape index (κ2) is 3.26. The van der Waals surface area contributed by atoms with Crippen LogP contribution in [0.1, 0.15) is 0 Å². The summed E-state index contributed by atoms with van der Waals surface area (Å²) in [6.45, 7) is 2.71. The van der Waals surface area contributed by atoms with Gasteiger partial charge in [0, 0.05) is 26.2 Å². The molecule has 2 aliphatic rings. The highest BCUT2D eigenvalue weighted by molar-refractivity contribution is 5.77. The van der Waals surface area contributed by atoms with Crippen LogP contribution in [-0.2, 0) is 0 Å². The van der Waals surface area contributed by atoms with Gasteiger partial charge in [0.05, 0.1) is 6.04 Å². The summed E-state index contributed by atoms with van der Waals surface area (Å²) < 4.78 is 5.16. The van der Waals surface area contributed by atoms with Crippen molar-refractivity contribution in [3.05, 3.63) is 0 Å². The van der Waals surface area contributed by atoms with Crippen LogP contribution in [0.25, 0.3) is 0 Å². The molecule has 2 amide bonds. The van der Waals surface area contributed by atoms with E-state index in [1.54, 1.807) is 0 Å². The summed E-state index contributed by atoms with van der Waals surface area (Å²) in [5, 5.41) is 10.3. The maximum Gasteiger partial charge on any atom is 0.319 e. The lowest BCUT2D eigenvalue weighted by Gasteiger charge is -2.35. The third-order valence-electron chi connectivity index (χ3n) is 2.93. The van der Waals surface area contributed by atoms with Gasteiger partial charge in [0.1, 0.15) is 0 Å². The predicted octanol–water partition coefficient (Wildman–Crippen LogP) is -1.13. The lowest BCUT2D eigenvalue weighted by atomic mass is 10.2. The number of anilines is 2. The summed E-state index contributed by atoms with van der Waals surface area (Å²) in [5.41, 5.74) is 5.37. The van der Waals surface area contributed by atoms with Crippen molar-refractivity contribution in [2.24, 2.45) is 0 Å². The average molecular weight is 224 g/mol. The van der Waals surface area contributed by atoms with Gasteiger partial charge in [-0.05, 0) is 0 Å². The molecule has 16 heavy (non-hydrogen) atoms. The van der Waals surface area contributed by atoms with Crippen molar-refractivity contribution >= 4 is 18.1 Å². The Balaban J connectivity index is 1.75. The highest BCUT2D eigenvalue weighted by Gasteiger charge is 2.36. The smallest absolute Gasteiger partial charge is 0.319 e. The predicted molar refractivity (Wildman–Crippen MR) is 54.8 cm³/mol. The van der Waals surface area contributed by atoms with E-state index in [1.165, 1.54) is 0 Å². The fourth-order valence-electron chi connectivity index (χ4n) is 2.13. The van der Waals surface area contributed by atoms with E-state index in [2.05, 4.69) is 15.5 Å². The number of carbonyl (C=O) groups excluding carboxylic acids is 1. The van der Waals surface area contributed by atoms with E-state index in [-0.39, 0.29) is 18.1 Å². The fourth-order valence-corrected chi connectivity index (χ4v) is 2.13. The normalized spacial score (nSPS) is 24.5. The molecule has 1 unspecified atom stereocenters. The number of nitrogens with one attached hydrogen (secondary N) is 1. The number of rotatable bonds is 1. The lowest BCUT2D eigenvalue weighted by Crippen LogP contribution is -2.52. The van der Waals surface area contributed by atoms with Crippen LogP contribution in [0.5, 0.6) is 0 Å². The first-order valence-corrected chi connectivity index (χ1v) is 5.12. The van der Waals surface area contributed by atoms with Gasteiger partial charge in [0.15, 0.2) is 0 Å². The second-order valence-corrected chi connectivity index (χ2v) is 3.90. The first-order chi connectivity index (χ1) is 7.74. The standard InChI is InChI=1S/C8H12N6O2/c9-6-11-12-8(16-6)13-1-2-14-5(4-13)3-10-7(14)15/h5H,1-4H2,(H2,9,11)(H,10,15). The van der Waals surface area contributed by atoms with Crippen LogP contribution in [0.4, 0.5) is 16.8 Å². The second-order valence-electron chi connectivity index (χ2n) is 3.90. The molecule has 2 fully saturated rings. The van der Waals surface area contributed by atoms with Crippen molar-refractivity contribution in [3.63, 3.8) is 0 Å². The summed E-state index contributed by atoms with van der Waals surface area (Å²) in [6, 6.07) is 0.679. The van der Waals surface area contributed by atoms with Crippen LogP contribution < -0.4 is 16.0 Å². The Hall–Kier alpha value is -1.99. The molecule has 0 radical (unpaired) electrons. The number of nitrogen functional groups attached to an aromatic ring is 1. The van der Waals surface area contributed by atoms with E-state index in [0.29, 0.717) is 32.2 Å².